The minimum atomic E-state index is -0.249. The summed E-state index contributed by atoms with van der Waals surface area (Å²) in [6.07, 6.45) is 0.264. The summed E-state index contributed by atoms with van der Waals surface area (Å²) in [5.41, 5.74) is 2.92. The second-order valence-electron chi connectivity index (χ2n) is 4.81. The van der Waals surface area contributed by atoms with Crippen LogP contribution in [0.1, 0.15) is 28.1 Å². The number of benzene rings is 1. The predicted molar refractivity (Wildman–Crippen MR) is 84.2 cm³/mol. The molecule has 0 atom stereocenters. The molecular formula is C16H15BrN2O2. The van der Waals surface area contributed by atoms with Crippen LogP contribution in [0, 0.1) is 25.2 Å². The lowest BCUT2D eigenvalue weighted by atomic mass is 10.1. The highest BCUT2D eigenvalue weighted by Crippen LogP contribution is 2.23. The molecule has 0 unspecified atom stereocenters. The molecule has 0 N–H and O–H groups in total. The maximum absolute atomic E-state index is 12.6. The summed E-state index contributed by atoms with van der Waals surface area (Å²) >= 11 is 3.19. The molecule has 0 saturated carbocycles. The summed E-state index contributed by atoms with van der Waals surface area (Å²) in [6.45, 7) is 4.29. The Morgan fingerprint density at radius 3 is 2.48 bits per heavy atom. The zero-order chi connectivity index (χ0) is 15.4. The van der Waals surface area contributed by atoms with Crippen molar-refractivity contribution in [3.05, 3.63) is 51.9 Å². The fourth-order valence-electron chi connectivity index (χ4n) is 2.18. The van der Waals surface area contributed by atoms with Crippen molar-refractivity contribution < 1.29 is 9.21 Å². The zero-order valence-corrected chi connectivity index (χ0v) is 13.5. The van der Waals surface area contributed by atoms with Gasteiger partial charge in [-0.15, -0.1) is 0 Å². The maximum atomic E-state index is 12.6. The van der Waals surface area contributed by atoms with Crippen molar-refractivity contribution in [1.29, 1.82) is 5.26 Å². The van der Waals surface area contributed by atoms with Gasteiger partial charge < -0.3 is 9.32 Å². The van der Waals surface area contributed by atoms with Gasteiger partial charge in [-0.2, -0.15) is 5.26 Å². The highest BCUT2D eigenvalue weighted by atomic mass is 79.9. The zero-order valence-electron chi connectivity index (χ0n) is 11.9. The summed E-state index contributed by atoms with van der Waals surface area (Å²) in [7, 11) is 0. The predicted octanol–water partition coefficient (Wildman–Crippen LogP) is 4.22. The number of furan rings is 1. The van der Waals surface area contributed by atoms with Crippen LogP contribution in [0.15, 0.2) is 39.4 Å². The van der Waals surface area contributed by atoms with Crippen LogP contribution in [0.2, 0.25) is 0 Å². The number of aryl methyl sites for hydroxylation is 2. The van der Waals surface area contributed by atoms with E-state index in [0.717, 1.165) is 16.8 Å². The molecule has 1 aromatic carbocycles. The van der Waals surface area contributed by atoms with E-state index in [1.54, 1.807) is 17.0 Å². The SMILES string of the molecule is Cc1cc(C)cc(N(CCC#N)C(=O)c2ccc(Br)o2)c1. The van der Waals surface area contributed by atoms with Crippen molar-refractivity contribution in [3.8, 4) is 6.07 Å². The van der Waals surface area contributed by atoms with Crippen LogP contribution in [0.4, 0.5) is 5.69 Å². The highest BCUT2D eigenvalue weighted by molar-refractivity contribution is 9.10. The number of amides is 1. The largest absolute Gasteiger partial charge is 0.444 e. The average Bonchev–Trinajstić information content (AvgIpc) is 2.84. The van der Waals surface area contributed by atoms with E-state index in [9.17, 15) is 4.79 Å². The topological polar surface area (TPSA) is 57.2 Å². The number of halogens is 1. The van der Waals surface area contributed by atoms with Gasteiger partial charge in [0.25, 0.3) is 5.91 Å². The molecule has 0 aliphatic carbocycles. The van der Waals surface area contributed by atoms with Gasteiger partial charge in [0.2, 0.25) is 0 Å². The third-order valence-corrected chi connectivity index (χ3v) is 3.42. The molecule has 0 spiro atoms. The lowest BCUT2D eigenvalue weighted by Gasteiger charge is -2.21. The minimum Gasteiger partial charge on any atom is -0.444 e. The Balaban J connectivity index is 2.38. The van der Waals surface area contributed by atoms with E-state index in [4.69, 9.17) is 9.68 Å². The number of carbonyl (C=O) groups excluding carboxylic acids is 1. The fraction of sp³-hybridized carbons (Fsp3) is 0.250. The number of nitriles is 1. The van der Waals surface area contributed by atoms with Crippen LogP contribution >= 0.6 is 15.9 Å². The first kappa shape index (κ1) is 15.3. The van der Waals surface area contributed by atoms with Crippen LogP contribution < -0.4 is 4.90 Å². The lowest BCUT2D eigenvalue weighted by molar-refractivity contribution is 0.0959. The van der Waals surface area contributed by atoms with Gasteiger partial charge in [-0.3, -0.25) is 4.79 Å². The molecule has 2 aromatic rings. The molecule has 1 aromatic heterocycles. The van der Waals surface area contributed by atoms with Crippen LogP contribution in [0.25, 0.3) is 0 Å². The van der Waals surface area contributed by atoms with E-state index in [2.05, 4.69) is 22.0 Å². The van der Waals surface area contributed by atoms with Gasteiger partial charge in [0.05, 0.1) is 12.5 Å². The van der Waals surface area contributed by atoms with Crippen molar-refractivity contribution in [2.45, 2.75) is 20.3 Å². The quantitative estimate of drug-likeness (QED) is 0.832. The summed E-state index contributed by atoms with van der Waals surface area (Å²) in [4.78, 5) is 14.2. The number of nitrogens with zero attached hydrogens (tertiary/aromatic N) is 2. The Morgan fingerprint density at radius 2 is 1.95 bits per heavy atom. The van der Waals surface area contributed by atoms with Crippen molar-refractivity contribution in [3.63, 3.8) is 0 Å². The van der Waals surface area contributed by atoms with Crippen LogP contribution in [0.3, 0.4) is 0 Å². The number of carbonyl (C=O) groups is 1. The lowest BCUT2D eigenvalue weighted by Crippen LogP contribution is -2.31. The monoisotopic (exact) mass is 346 g/mol. The second-order valence-corrected chi connectivity index (χ2v) is 5.60. The molecule has 0 aliphatic heterocycles. The van der Waals surface area contributed by atoms with Crippen LogP contribution in [-0.4, -0.2) is 12.5 Å². The first-order valence-electron chi connectivity index (χ1n) is 6.53. The minimum absolute atomic E-state index is 0.249. The molecule has 1 heterocycles. The van der Waals surface area contributed by atoms with E-state index in [0.29, 0.717) is 11.2 Å². The molecule has 0 saturated heterocycles. The molecule has 0 fully saturated rings. The Hall–Kier alpha value is -2.06. The molecule has 108 valence electrons. The molecule has 2 rings (SSSR count). The summed E-state index contributed by atoms with van der Waals surface area (Å²) < 4.78 is 5.84. The number of anilines is 1. The van der Waals surface area contributed by atoms with Gasteiger partial charge >= 0.3 is 0 Å². The average molecular weight is 347 g/mol. The smallest absolute Gasteiger partial charge is 0.294 e. The van der Waals surface area contributed by atoms with E-state index in [1.807, 2.05) is 32.0 Å². The molecule has 0 radical (unpaired) electrons. The van der Waals surface area contributed by atoms with E-state index < -0.39 is 0 Å². The Kier molecular flexibility index (Phi) is 4.81. The van der Waals surface area contributed by atoms with Crippen molar-refractivity contribution in [2.75, 3.05) is 11.4 Å². The van der Waals surface area contributed by atoms with Gasteiger partial charge in [-0.05, 0) is 65.2 Å². The fourth-order valence-corrected chi connectivity index (χ4v) is 2.48. The van der Waals surface area contributed by atoms with E-state index in [-0.39, 0.29) is 18.1 Å². The molecule has 0 bridgehead atoms. The third kappa shape index (κ3) is 3.73. The van der Waals surface area contributed by atoms with Crippen LogP contribution in [0.5, 0.6) is 0 Å². The highest BCUT2D eigenvalue weighted by Gasteiger charge is 2.21. The Morgan fingerprint density at radius 1 is 1.29 bits per heavy atom. The summed E-state index contributed by atoms with van der Waals surface area (Å²) in [5.74, 6) is -0.0000704. The number of hydrogen-bond acceptors (Lipinski definition) is 3. The maximum Gasteiger partial charge on any atom is 0.294 e. The number of hydrogen-bond donors (Lipinski definition) is 0. The molecule has 1 amide bonds. The molecule has 21 heavy (non-hydrogen) atoms. The first-order valence-corrected chi connectivity index (χ1v) is 7.33. The van der Waals surface area contributed by atoms with Gasteiger partial charge in [0.1, 0.15) is 0 Å². The summed E-state index contributed by atoms with van der Waals surface area (Å²) in [6, 6.07) is 11.3. The summed E-state index contributed by atoms with van der Waals surface area (Å²) in [5, 5.41) is 8.81. The van der Waals surface area contributed by atoms with Gasteiger partial charge in [-0.25, -0.2) is 0 Å². The first-order chi connectivity index (χ1) is 10.0. The van der Waals surface area contributed by atoms with Gasteiger partial charge in [0.15, 0.2) is 10.4 Å². The van der Waals surface area contributed by atoms with Gasteiger partial charge in [0, 0.05) is 12.2 Å². The standard InChI is InChI=1S/C16H15BrN2O2/c1-11-8-12(2)10-13(9-11)19(7-3-6-18)16(20)14-4-5-15(17)21-14/h4-5,8-10H,3,7H2,1-2H3. The molecule has 5 heteroatoms. The van der Waals surface area contributed by atoms with Crippen molar-refractivity contribution >= 4 is 27.5 Å². The van der Waals surface area contributed by atoms with Gasteiger partial charge in [-0.1, -0.05) is 6.07 Å². The molecule has 0 aliphatic rings. The van der Waals surface area contributed by atoms with E-state index in [1.165, 1.54) is 0 Å². The third-order valence-electron chi connectivity index (χ3n) is 2.99. The normalized spacial score (nSPS) is 10.2. The van der Waals surface area contributed by atoms with Crippen molar-refractivity contribution in [1.82, 2.24) is 0 Å². The van der Waals surface area contributed by atoms with Crippen LogP contribution in [-0.2, 0) is 0 Å². The molecular weight excluding hydrogens is 332 g/mol. The molecule has 4 nitrogen and oxygen atoms in total. The van der Waals surface area contributed by atoms with Crippen molar-refractivity contribution in [2.24, 2.45) is 0 Å². The second kappa shape index (κ2) is 6.59. The van der Waals surface area contributed by atoms with E-state index >= 15 is 0 Å². The number of rotatable bonds is 4. The Labute approximate surface area is 132 Å². The Bertz CT molecular complexity index is 680.